The van der Waals surface area contributed by atoms with Gasteiger partial charge in [-0.05, 0) is 30.7 Å². The molecule has 0 amide bonds. The molecule has 0 aliphatic heterocycles. The minimum Gasteiger partial charge on any atom is -0.465 e. The molecule has 104 valence electrons. The van der Waals surface area contributed by atoms with Crippen molar-refractivity contribution in [3.8, 4) is 0 Å². The summed E-state index contributed by atoms with van der Waals surface area (Å²) in [5.41, 5.74) is 6.91. The maximum Gasteiger partial charge on any atom is 0.341 e. The van der Waals surface area contributed by atoms with Gasteiger partial charge in [0.15, 0.2) is 0 Å². The number of methoxy groups -OCH3 is 1. The fraction of sp³-hybridized carbons (Fsp3) is 0.571. The van der Waals surface area contributed by atoms with Crippen molar-refractivity contribution in [1.82, 2.24) is 4.98 Å². The van der Waals surface area contributed by atoms with Crippen LogP contribution in [-0.4, -0.2) is 24.6 Å². The van der Waals surface area contributed by atoms with Crippen LogP contribution < -0.4 is 11.1 Å². The number of hydrogen-bond acceptors (Lipinski definition) is 5. The topological polar surface area (TPSA) is 77.2 Å². The minimum atomic E-state index is -0.414. The summed E-state index contributed by atoms with van der Waals surface area (Å²) in [6.45, 7) is 3.04. The van der Waals surface area contributed by atoms with Gasteiger partial charge in [0.05, 0.1) is 19.0 Å². The Balaban J connectivity index is 2.09. The SMILES string of the molecule is CCCC1(CNc2ncc(N)cc2C(=O)OC)CC1. The Kier molecular flexibility index (Phi) is 3.93. The van der Waals surface area contributed by atoms with Gasteiger partial charge >= 0.3 is 5.97 Å². The molecule has 5 nitrogen and oxygen atoms in total. The van der Waals surface area contributed by atoms with Crippen LogP contribution in [0.4, 0.5) is 11.5 Å². The van der Waals surface area contributed by atoms with Crippen LogP contribution in [0.5, 0.6) is 0 Å². The third kappa shape index (κ3) is 3.16. The average Bonchev–Trinajstić information content (AvgIpc) is 3.17. The number of hydrogen-bond donors (Lipinski definition) is 2. The van der Waals surface area contributed by atoms with Gasteiger partial charge in [0.25, 0.3) is 0 Å². The van der Waals surface area contributed by atoms with Crippen molar-refractivity contribution in [3.63, 3.8) is 0 Å². The Labute approximate surface area is 113 Å². The molecule has 1 fully saturated rings. The lowest BCUT2D eigenvalue weighted by atomic mass is 10.0. The van der Waals surface area contributed by atoms with E-state index in [0.717, 1.165) is 6.54 Å². The van der Waals surface area contributed by atoms with E-state index in [1.54, 1.807) is 12.3 Å². The lowest BCUT2D eigenvalue weighted by Gasteiger charge is -2.16. The maximum absolute atomic E-state index is 11.7. The number of aromatic nitrogens is 1. The number of anilines is 2. The van der Waals surface area contributed by atoms with Crippen molar-refractivity contribution in [2.24, 2.45) is 5.41 Å². The minimum absolute atomic E-state index is 0.394. The molecule has 0 atom stereocenters. The van der Waals surface area contributed by atoms with E-state index in [9.17, 15) is 4.79 Å². The highest BCUT2D eigenvalue weighted by atomic mass is 16.5. The van der Waals surface area contributed by atoms with Crippen LogP contribution in [0.2, 0.25) is 0 Å². The summed E-state index contributed by atoms with van der Waals surface area (Å²) in [4.78, 5) is 15.9. The predicted molar refractivity (Wildman–Crippen MR) is 75.1 cm³/mol. The fourth-order valence-electron chi connectivity index (χ4n) is 2.38. The number of esters is 1. The summed E-state index contributed by atoms with van der Waals surface area (Å²) < 4.78 is 4.75. The standard InChI is InChI=1S/C14H21N3O2/c1-3-4-14(5-6-14)9-17-12-11(13(18)19-2)7-10(15)8-16-12/h7-8H,3-6,9,15H2,1-2H3,(H,16,17). The van der Waals surface area contributed by atoms with Crippen LogP contribution in [0.25, 0.3) is 0 Å². The molecule has 3 N–H and O–H groups in total. The highest BCUT2D eigenvalue weighted by Crippen LogP contribution is 2.49. The largest absolute Gasteiger partial charge is 0.465 e. The molecule has 0 aromatic carbocycles. The van der Waals surface area contributed by atoms with Crippen molar-refractivity contribution >= 4 is 17.5 Å². The van der Waals surface area contributed by atoms with E-state index in [0.29, 0.717) is 22.5 Å². The lowest BCUT2D eigenvalue weighted by Crippen LogP contribution is -2.18. The van der Waals surface area contributed by atoms with Crippen molar-refractivity contribution in [3.05, 3.63) is 17.8 Å². The molecule has 1 saturated carbocycles. The van der Waals surface area contributed by atoms with Crippen LogP contribution in [0.3, 0.4) is 0 Å². The van der Waals surface area contributed by atoms with Crippen LogP contribution in [0, 0.1) is 5.41 Å². The molecule has 0 spiro atoms. The first-order valence-electron chi connectivity index (χ1n) is 6.68. The van der Waals surface area contributed by atoms with E-state index in [-0.39, 0.29) is 0 Å². The normalized spacial score (nSPS) is 15.9. The summed E-state index contributed by atoms with van der Waals surface area (Å²) in [7, 11) is 1.36. The van der Waals surface area contributed by atoms with Gasteiger partial charge in [-0.3, -0.25) is 0 Å². The third-order valence-corrected chi connectivity index (χ3v) is 3.68. The highest BCUT2D eigenvalue weighted by molar-refractivity contribution is 5.95. The first kappa shape index (κ1) is 13.6. The van der Waals surface area contributed by atoms with Crippen molar-refractivity contribution in [2.45, 2.75) is 32.6 Å². The number of carbonyl (C=O) groups excluding carboxylic acids is 1. The van der Waals surface area contributed by atoms with E-state index in [1.807, 2.05) is 0 Å². The summed E-state index contributed by atoms with van der Waals surface area (Å²) >= 11 is 0. The van der Waals surface area contributed by atoms with Gasteiger partial charge in [-0.15, -0.1) is 0 Å². The van der Waals surface area contributed by atoms with Crippen LogP contribution >= 0.6 is 0 Å². The second-order valence-corrected chi connectivity index (χ2v) is 5.26. The van der Waals surface area contributed by atoms with Gasteiger partial charge in [0, 0.05) is 6.54 Å². The van der Waals surface area contributed by atoms with Gasteiger partial charge in [0.1, 0.15) is 11.4 Å². The molecule has 19 heavy (non-hydrogen) atoms. The van der Waals surface area contributed by atoms with Gasteiger partial charge in [-0.25, -0.2) is 9.78 Å². The summed E-state index contributed by atoms with van der Waals surface area (Å²) in [5, 5.41) is 3.28. The van der Waals surface area contributed by atoms with Gasteiger partial charge in [0.2, 0.25) is 0 Å². The molecule has 0 saturated heterocycles. The van der Waals surface area contributed by atoms with E-state index in [4.69, 9.17) is 10.5 Å². The third-order valence-electron chi connectivity index (χ3n) is 3.68. The van der Waals surface area contributed by atoms with E-state index < -0.39 is 5.97 Å². The van der Waals surface area contributed by atoms with Gasteiger partial charge in [-0.1, -0.05) is 13.3 Å². The number of nitrogen functional groups attached to an aromatic ring is 1. The number of nitrogens with two attached hydrogens (primary N) is 1. The first-order valence-corrected chi connectivity index (χ1v) is 6.68. The van der Waals surface area contributed by atoms with E-state index >= 15 is 0 Å². The Morgan fingerprint density at radius 1 is 1.58 bits per heavy atom. The monoisotopic (exact) mass is 263 g/mol. The quantitative estimate of drug-likeness (QED) is 0.771. The predicted octanol–water partition coefficient (Wildman–Crippen LogP) is 2.44. The summed E-state index contributed by atoms with van der Waals surface area (Å²) in [6, 6.07) is 1.60. The van der Waals surface area contributed by atoms with E-state index in [2.05, 4.69) is 17.2 Å². The molecule has 1 aromatic rings. The molecular weight excluding hydrogens is 242 g/mol. The molecule has 1 heterocycles. The Morgan fingerprint density at radius 2 is 2.32 bits per heavy atom. The maximum atomic E-state index is 11.7. The molecule has 0 bridgehead atoms. The molecule has 1 aliphatic rings. The zero-order chi connectivity index (χ0) is 13.9. The Hall–Kier alpha value is -1.78. The zero-order valence-electron chi connectivity index (χ0n) is 11.5. The number of nitrogens with zero attached hydrogens (tertiary/aromatic N) is 1. The highest BCUT2D eigenvalue weighted by Gasteiger charge is 2.41. The lowest BCUT2D eigenvalue weighted by molar-refractivity contribution is 0.0601. The first-order chi connectivity index (χ1) is 9.10. The van der Waals surface area contributed by atoms with Crippen LogP contribution in [-0.2, 0) is 4.74 Å². The van der Waals surface area contributed by atoms with Crippen molar-refractivity contribution in [1.29, 1.82) is 0 Å². The fourth-order valence-corrected chi connectivity index (χ4v) is 2.38. The second kappa shape index (κ2) is 5.47. The van der Waals surface area contributed by atoms with Crippen molar-refractivity contribution in [2.75, 3.05) is 24.7 Å². The summed E-state index contributed by atoms with van der Waals surface area (Å²) in [6.07, 6.45) is 6.43. The Bertz CT molecular complexity index is 470. The van der Waals surface area contributed by atoms with E-state index in [1.165, 1.54) is 32.8 Å². The van der Waals surface area contributed by atoms with Gasteiger partial charge < -0.3 is 15.8 Å². The molecular formula is C14H21N3O2. The van der Waals surface area contributed by atoms with Crippen molar-refractivity contribution < 1.29 is 9.53 Å². The van der Waals surface area contributed by atoms with Crippen LogP contribution in [0.1, 0.15) is 43.0 Å². The zero-order valence-corrected chi connectivity index (χ0v) is 11.5. The van der Waals surface area contributed by atoms with Crippen LogP contribution in [0.15, 0.2) is 12.3 Å². The number of pyridine rings is 1. The molecule has 1 aliphatic carbocycles. The summed E-state index contributed by atoms with van der Waals surface area (Å²) in [5.74, 6) is 0.145. The molecule has 5 heteroatoms. The average molecular weight is 263 g/mol. The number of ether oxygens (including phenoxy) is 1. The number of carbonyl (C=O) groups is 1. The number of rotatable bonds is 6. The smallest absolute Gasteiger partial charge is 0.341 e. The Morgan fingerprint density at radius 3 is 2.89 bits per heavy atom. The molecule has 0 unspecified atom stereocenters. The molecule has 0 radical (unpaired) electrons. The molecule has 1 aromatic heterocycles. The van der Waals surface area contributed by atoms with Gasteiger partial charge in [-0.2, -0.15) is 0 Å². The second-order valence-electron chi connectivity index (χ2n) is 5.26. The molecule has 2 rings (SSSR count). The number of nitrogens with one attached hydrogen (secondary N) is 1.